The molecule has 0 aromatic heterocycles. The number of rotatable bonds is 10. The molecule has 0 amide bonds. The average molecular weight is 819 g/mol. The lowest BCUT2D eigenvalue weighted by Crippen LogP contribution is -2.18. The van der Waals surface area contributed by atoms with Crippen LogP contribution in [0.3, 0.4) is 0 Å². The van der Waals surface area contributed by atoms with Crippen molar-refractivity contribution in [1.82, 2.24) is 0 Å². The van der Waals surface area contributed by atoms with Gasteiger partial charge in [0.1, 0.15) is 0 Å². The summed E-state index contributed by atoms with van der Waals surface area (Å²) < 4.78 is 0. The highest BCUT2D eigenvalue weighted by Gasteiger charge is 2.22. The fourth-order valence-corrected chi connectivity index (χ4v) is 9.46. The number of anilines is 5. The number of nitrogens with zero attached hydrogens (tertiary/aromatic N) is 2. The molecule has 10 aromatic carbocycles. The van der Waals surface area contributed by atoms with Crippen LogP contribution in [0, 0.1) is 0 Å². The summed E-state index contributed by atoms with van der Waals surface area (Å²) in [7, 11) is 0. The summed E-state index contributed by atoms with van der Waals surface area (Å²) in [5, 5.41) is 5.03. The second-order valence-corrected chi connectivity index (χ2v) is 16.4. The Labute approximate surface area is 376 Å². The minimum atomic E-state index is 0.954. The fraction of sp³-hybridized carbons (Fsp3) is 0.0323. The van der Waals surface area contributed by atoms with Gasteiger partial charge < -0.3 is 9.80 Å². The van der Waals surface area contributed by atoms with E-state index >= 15 is 0 Å². The molecule has 0 atom stereocenters. The number of benzene rings is 10. The van der Waals surface area contributed by atoms with Crippen LogP contribution in [0.5, 0.6) is 0 Å². The van der Waals surface area contributed by atoms with Crippen LogP contribution >= 0.6 is 0 Å². The topological polar surface area (TPSA) is 6.48 Å². The highest BCUT2D eigenvalue weighted by atomic mass is 15.2. The molecule has 0 saturated heterocycles. The van der Waals surface area contributed by atoms with E-state index in [1.165, 1.54) is 71.8 Å². The Kier molecular flexibility index (Phi) is 10.5. The van der Waals surface area contributed by atoms with Crippen LogP contribution < -0.4 is 9.80 Å². The summed E-state index contributed by atoms with van der Waals surface area (Å²) in [5.41, 5.74) is 16.6. The molecule has 0 spiro atoms. The monoisotopic (exact) mass is 818 g/mol. The van der Waals surface area contributed by atoms with Gasteiger partial charge >= 0.3 is 0 Å². The van der Waals surface area contributed by atoms with Gasteiger partial charge in [0.15, 0.2) is 0 Å². The molecular weight excluding hydrogens is 773 g/mol. The van der Waals surface area contributed by atoms with Gasteiger partial charge in [0.05, 0.1) is 5.69 Å². The zero-order valence-electron chi connectivity index (χ0n) is 35.6. The maximum atomic E-state index is 2.42. The molecule has 0 saturated carbocycles. The van der Waals surface area contributed by atoms with Crippen LogP contribution in [-0.2, 0) is 0 Å². The summed E-state index contributed by atoms with van der Waals surface area (Å²) in [4.78, 5) is 4.80. The van der Waals surface area contributed by atoms with Crippen molar-refractivity contribution in [2.24, 2.45) is 0 Å². The molecule has 1 aliphatic rings. The fourth-order valence-electron chi connectivity index (χ4n) is 9.46. The summed E-state index contributed by atoms with van der Waals surface area (Å²) in [6.07, 6.45) is 6.58. The highest BCUT2D eigenvalue weighted by molar-refractivity contribution is 5.98. The van der Waals surface area contributed by atoms with E-state index in [4.69, 9.17) is 0 Å². The van der Waals surface area contributed by atoms with E-state index in [1.807, 2.05) is 0 Å². The summed E-state index contributed by atoms with van der Waals surface area (Å²) >= 11 is 0. The van der Waals surface area contributed by atoms with Crippen molar-refractivity contribution in [3.05, 3.63) is 266 Å². The zero-order valence-corrected chi connectivity index (χ0v) is 35.6. The van der Waals surface area contributed by atoms with Crippen LogP contribution in [0.15, 0.2) is 261 Å². The second-order valence-electron chi connectivity index (χ2n) is 16.4. The lowest BCUT2D eigenvalue weighted by atomic mass is 9.92. The van der Waals surface area contributed by atoms with Crippen LogP contribution in [-0.4, -0.2) is 0 Å². The Morgan fingerprint density at radius 1 is 0.297 bits per heavy atom. The molecule has 0 bridgehead atoms. The number of fused-ring (bicyclic) bond motifs is 2. The first-order valence-electron chi connectivity index (χ1n) is 22.2. The first-order valence-corrected chi connectivity index (χ1v) is 22.2. The van der Waals surface area contributed by atoms with E-state index in [0.29, 0.717) is 0 Å². The molecule has 0 heterocycles. The lowest BCUT2D eigenvalue weighted by Gasteiger charge is -2.31. The van der Waals surface area contributed by atoms with Crippen molar-refractivity contribution in [1.29, 1.82) is 0 Å². The maximum Gasteiger partial charge on any atom is 0.0540 e. The molecule has 304 valence electrons. The van der Waals surface area contributed by atoms with E-state index in [0.717, 1.165) is 41.3 Å². The third kappa shape index (κ3) is 7.46. The number of hydrogen-bond acceptors (Lipinski definition) is 2. The van der Waals surface area contributed by atoms with Gasteiger partial charge in [0.25, 0.3) is 0 Å². The molecule has 1 aliphatic carbocycles. The van der Waals surface area contributed by atoms with Gasteiger partial charge in [-0.05, 0) is 134 Å². The Morgan fingerprint density at radius 3 is 1.30 bits per heavy atom. The average Bonchev–Trinajstić information content (AvgIpc) is 3.38. The molecule has 64 heavy (non-hydrogen) atoms. The zero-order chi connectivity index (χ0) is 42.7. The van der Waals surface area contributed by atoms with Gasteiger partial charge in [-0.1, -0.05) is 194 Å². The predicted molar refractivity (Wildman–Crippen MR) is 273 cm³/mol. The normalized spacial score (nSPS) is 12.4. The van der Waals surface area contributed by atoms with Crippen LogP contribution in [0.4, 0.5) is 28.4 Å². The molecule has 2 heteroatoms. The molecular formula is C62H46N2. The standard InChI is InChI=1S/C62H46N2/c1-3-21-51(22-4-1)63(53-41-37-47(38-42-53)57-29-15-19-45-17-7-9-25-55(45)57)61-31-13-11-27-59(61)49-33-35-50(36-34-49)60-28-12-14-32-62(60)64(52-23-5-2-6-24-52)54-43-39-48(40-44-54)58-30-16-20-46-18-8-10-26-56(46)58/h1-11,13-27,29-44H,12,28H2. The van der Waals surface area contributed by atoms with Crippen molar-refractivity contribution in [2.75, 3.05) is 9.80 Å². The molecule has 2 nitrogen and oxygen atoms in total. The molecule has 10 aromatic rings. The first-order chi connectivity index (χ1) is 31.8. The molecule has 11 rings (SSSR count). The van der Waals surface area contributed by atoms with Crippen LogP contribution in [0.1, 0.15) is 18.4 Å². The highest BCUT2D eigenvalue weighted by Crippen LogP contribution is 2.44. The molecule has 0 radical (unpaired) electrons. The number of hydrogen-bond donors (Lipinski definition) is 0. The summed E-state index contributed by atoms with van der Waals surface area (Å²) in [6, 6.07) is 88.0. The molecule has 0 aliphatic heterocycles. The second kappa shape index (κ2) is 17.3. The van der Waals surface area contributed by atoms with Gasteiger partial charge in [-0.15, -0.1) is 0 Å². The number of allylic oxidation sites excluding steroid dienone is 3. The van der Waals surface area contributed by atoms with Crippen molar-refractivity contribution in [3.63, 3.8) is 0 Å². The maximum absolute atomic E-state index is 2.42. The van der Waals surface area contributed by atoms with Crippen molar-refractivity contribution in [2.45, 2.75) is 12.8 Å². The Balaban J connectivity index is 0.954. The third-order valence-corrected chi connectivity index (χ3v) is 12.6. The van der Waals surface area contributed by atoms with Crippen LogP contribution in [0.25, 0.3) is 60.5 Å². The quantitative estimate of drug-likeness (QED) is 0.136. The summed E-state index contributed by atoms with van der Waals surface area (Å²) in [6.45, 7) is 0. The van der Waals surface area contributed by atoms with Gasteiger partial charge in [-0.2, -0.15) is 0 Å². The van der Waals surface area contributed by atoms with Gasteiger partial charge in [-0.3, -0.25) is 0 Å². The lowest BCUT2D eigenvalue weighted by molar-refractivity contribution is 1.02. The third-order valence-electron chi connectivity index (χ3n) is 12.6. The van der Waals surface area contributed by atoms with Gasteiger partial charge in [-0.25, -0.2) is 0 Å². The van der Waals surface area contributed by atoms with Crippen molar-refractivity contribution in [3.8, 4) is 33.4 Å². The van der Waals surface area contributed by atoms with Crippen molar-refractivity contribution >= 4 is 55.6 Å². The van der Waals surface area contributed by atoms with Crippen LogP contribution in [0.2, 0.25) is 0 Å². The Bertz CT molecular complexity index is 3280. The van der Waals surface area contributed by atoms with E-state index < -0.39 is 0 Å². The SMILES string of the molecule is C1=CC(N(c2ccccc2)c2ccc(-c3cccc4ccccc34)cc2)=C(c2ccc(-c3ccccc3N(c3ccccc3)c3ccc(-c4cccc5ccccc45)cc3)cc2)CC1. The minimum absolute atomic E-state index is 0.954. The van der Waals surface area contributed by atoms with Gasteiger partial charge in [0, 0.05) is 34.0 Å². The van der Waals surface area contributed by atoms with E-state index in [9.17, 15) is 0 Å². The molecule has 0 unspecified atom stereocenters. The van der Waals surface area contributed by atoms with Crippen molar-refractivity contribution < 1.29 is 0 Å². The molecule has 0 N–H and O–H groups in total. The summed E-state index contributed by atoms with van der Waals surface area (Å²) in [5.74, 6) is 0. The smallest absolute Gasteiger partial charge is 0.0540 e. The van der Waals surface area contributed by atoms with E-state index in [1.54, 1.807) is 0 Å². The number of para-hydroxylation sites is 3. The van der Waals surface area contributed by atoms with E-state index in [-0.39, 0.29) is 0 Å². The minimum Gasteiger partial charge on any atom is -0.310 e. The predicted octanol–water partition coefficient (Wildman–Crippen LogP) is 17.4. The largest absolute Gasteiger partial charge is 0.310 e. The Hall–Kier alpha value is -8.20. The first kappa shape index (κ1) is 38.7. The van der Waals surface area contributed by atoms with Gasteiger partial charge in [0.2, 0.25) is 0 Å². The van der Waals surface area contributed by atoms with E-state index in [2.05, 4.69) is 265 Å². The molecule has 0 fully saturated rings. The Morgan fingerprint density at radius 2 is 0.703 bits per heavy atom.